The smallest absolute Gasteiger partial charge is 0.240 e. The summed E-state index contributed by atoms with van der Waals surface area (Å²) in [7, 11) is 0. The van der Waals surface area contributed by atoms with E-state index in [-0.39, 0.29) is 6.04 Å². The Hall–Kier alpha value is -0.220. The minimum absolute atomic E-state index is 0.0780. The van der Waals surface area contributed by atoms with E-state index in [0.717, 1.165) is 31.1 Å². The van der Waals surface area contributed by atoms with E-state index in [1.54, 1.807) is 0 Å². The van der Waals surface area contributed by atoms with Gasteiger partial charge in [0.25, 0.3) is 0 Å². The Morgan fingerprint density at radius 2 is 2.47 bits per heavy atom. The van der Waals surface area contributed by atoms with Crippen molar-refractivity contribution in [3.05, 3.63) is 0 Å². The fraction of sp³-hybridized carbons (Fsp3) is 0.909. The number of hydrogen-bond donors (Lipinski definition) is 1. The van der Waals surface area contributed by atoms with Crippen molar-refractivity contribution in [2.24, 2.45) is 5.41 Å². The summed E-state index contributed by atoms with van der Waals surface area (Å²) in [6.45, 7) is 6.41. The van der Waals surface area contributed by atoms with Crippen LogP contribution in [0.4, 0.5) is 0 Å². The monoisotopic (exact) mass is 228 g/mol. The largest absolute Gasteiger partial charge is 0.341 e. The first kappa shape index (κ1) is 11.3. The Bertz CT molecular complexity index is 253. The van der Waals surface area contributed by atoms with Crippen molar-refractivity contribution in [2.75, 3.05) is 24.7 Å². The second-order valence-corrected chi connectivity index (χ2v) is 5.98. The molecule has 2 heterocycles. The highest BCUT2D eigenvalue weighted by Crippen LogP contribution is 2.33. The van der Waals surface area contributed by atoms with Crippen molar-refractivity contribution in [1.29, 1.82) is 0 Å². The number of carbonyl (C=O) groups is 1. The van der Waals surface area contributed by atoms with E-state index >= 15 is 0 Å². The average Bonchev–Trinajstić information content (AvgIpc) is 2.86. The molecule has 86 valence electrons. The predicted molar refractivity (Wildman–Crippen MR) is 63.8 cm³/mol. The molecule has 2 atom stereocenters. The van der Waals surface area contributed by atoms with Crippen LogP contribution in [0.25, 0.3) is 0 Å². The summed E-state index contributed by atoms with van der Waals surface area (Å²) >= 11 is 1.82. The quantitative estimate of drug-likeness (QED) is 0.773. The van der Waals surface area contributed by atoms with Gasteiger partial charge in [0.2, 0.25) is 5.91 Å². The van der Waals surface area contributed by atoms with Crippen molar-refractivity contribution in [3.63, 3.8) is 0 Å². The van der Waals surface area contributed by atoms with Gasteiger partial charge in [-0.25, -0.2) is 0 Å². The average molecular weight is 228 g/mol. The molecular weight excluding hydrogens is 208 g/mol. The van der Waals surface area contributed by atoms with Crippen molar-refractivity contribution in [2.45, 2.75) is 32.7 Å². The summed E-state index contributed by atoms with van der Waals surface area (Å²) in [6, 6.07) is 0.0780. The highest BCUT2D eigenvalue weighted by molar-refractivity contribution is 7.99. The fourth-order valence-corrected chi connectivity index (χ4v) is 3.21. The van der Waals surface area contributed by atoms with E-state index in [2.05, 4.69) is 19.2 Å². The molecule has 0 aromatic rings. The third kappa shape index (κ3) is 2.31. The molecule has 0 saturated carbocycles. The first-order chi connectivity index (χ1) is 7.14. The maximum absolute atomic E-state index is 12.1. The van der Waals surface area contributed by atoms with Gasteiger partial charge in [-0.05, 0) is 18.3 Å². The van der Waals surface area contributed by atoms with Gasteiger partial charge in [0, 0.05) is 24.7 Å². The molecule has 2 fully saturated rings. The second kappa shape index (κ2) is 4.34. The van der Waals surface area contributed by atoms with Crippen molar-refractivity contribution in [3.8, 4) is 0 Å². The number of rotatable bonds is 2. The molecule has 0 spiro atoms. The van der Waals surface area contributed by atoms with E-state index in [1.807, 2.05) is 16.7 Å². The van der Waals surface area contributed by atoms with E-state index in [1.165, 1.54) is 6.42 Å². The lowest BCUT2D eigenvalue weighted by molar-refractivity contribution is -0.132. The predicted octanol–water partition coefficient (Wildman–Crippen LogP) is 1.30. The van der Waals surface area contributed by atoms with Crippen LogP contribution in [0.3, 0.4) is 0 Å². The lowest BCUT2D eigenvalue weighted by Crippen LogP contribution is -2.44. The first-order valence-electron chi connectivity index (χ1n) is 5.74. The van der Waals surface area contributed by atoms with Gasteiger partial charge < -0.3 is 4.90 Å². The van der Waals surface area contributed by atoms with Gasteiger partial charge in [-0.1, -0.05) is 13.8 Å². The number of nitrogens with one attached hydrogen (secondary N) is 1. The Morgan fingerprint density at radius 3 is 3.00 bits per heavy atom. The van der Waals surface area contributed by atoms with Crippen molar-refractivity contribution in [1.82, 2.24) is 10.2 Å². The van der Waals surface area contributed by atoms with E-state index in [4.69, 9.17) is 0 Å². The van der Waals surface area contributed by atoms with Crippen LogP contribution in [0.15, 0.2) is 0 Å². The van der Waals surface area contributed by atoms with E-state index in [0.29, 0.717) is 11.3 Å². The Morgan fingerprint density at radius 1 is 1.67 bits per heavy atom. The molecule has 1 amide bonds. The first-order valence-corrected chi connectivity index (χ1v) is 6.90. The molecule has 1 N–H and O–H groups in total. The standard InChI is InChI=1S/C11H20N2OS/c1-3-11(2)4-5-13(7-11)10(14)9-6-15-8-12-9/h9,12H,3-8H2,1-2H3/t9-,11?/m1/s1. The third-order valence-corrected chi connectivity index (χ3v) is 4.68. The van der Waals surface area contributed by atoms with Crippen molar-refractivity contribution < 1.29 is 4.79 Å². The number of carbonyl (C=O) groups excluding carboxylic acids is 1. The lowest BCUT2D eigenvalue weighted by atomic mass is 9.87. The van der Waals surface area contributed by atoms with E-state index < -0.39 is 0 Å². The molecule has 0 aliphatic carbocycles. The van der Waals surface area contributed by atoms with Crippen molar-refractivity contribution >= 4 is 17.7 Å². The second-order valence-electron chi connectivity index (χ2n) is 4.95. The minimum Gasteiger partial charge on any atom is -0.341 e. The Kier molecular flexibility index (Phi) is 3.26. The van der Waals surface area contributed by atoms with Crippen LogP contribution in [0, 0.1) is 5.41 Å². The zero-order valence-electron chi connectivity index (χ0n) is 9.58. The van der Waals surface area contributed by atoms with Gasteiger partial charge in [0.1, 0.15) is 0 Å². The third-order valence-electron chi connectivity index (χ3n) is 3.74. The van der Waals surface area contributed by atoms with Gasteiger partial charge >= 0.3 is 0 Å². The van der Waals surface area contributed by atoms with Gasteiger partial charge in [0.15, 0.2) is 0 Å². The summed E-state index contributed by atoms with van der Waals surface area (Å²) in [5, 5.41) is 3.25. The maximum atomic E-state index is 12.1. The molecule has 0 bridgehead atoms. The number of amides is 1. The zero-order chi connectivity index (χ0) is 10.9. The van der Waals surface area contributed by atoms with Crippen LogP contribution in [-0.4, -0.2) is 41.6 Å². The highest BCUT2D eigenvalue weighted by atomic mass is 32.2. The molecule has 2 aliphatic heterocycles. The Balaban J connectivity index is 1.92. The molecule has 0 aromatic carbocycles. The van der Waals surface area contributed by atoms with Gasteiger partial charge in [-0.15, -0.1) is 11.8 Å². The number of likely N-dealkylation sites (tertiary alicyclic amines) is 1. The topological polar surface area (TPSA) is 32.3 Å². The van der Waals surface area contributed by atoms with Gasteiger partial charge in [-0.2, -0.15) is 0 Å². The summed E-state index contributed by atoms with van der Waals surface area (Å²) in [4.78, 5) is 14.2. The summed E-state index contributed by atoms with van der Waals surface area (Å²) in [5.41, 5.74) is 0.363. The van der Waals surface area contributed by atoms with Gasteiger partial charge in [0.05, 0.1) is 6.04 Å². The molecule has 1 unspecified atom stereocenters. The SMILES string of the molecule is CCC1(C)CCN(C(=O)[C@H]2CSCN2)C1. The highest BCUT2D eigenvalue weighted by Gasteiger charge is 2.37. The van der Waals surface area contributed by atoms with Crippen LogP contribution in [-0.2, 0) is 4.79 Å². The molecule has 15 heavy (non-hydrogen) atoms. The normalized spacial score (nSPS) is 36.1. The molecule has 0 radical (unpaired) electrons. The molecule has 3 nitrogen and oxygen atoms in total. The molecule has 2 rings (SSSR count). The number of nitrogens with zero attached hydrogens (tertiary/aromatic N) is 1. The van der Waals surface area contributed by atoms with Crippen LogP contribution in [0.1, 0.15) is 26.7 Å². The lowest BCUT2D eigenvalue weighted by Gasteiger charge is -2.24. The molecule has 2 aliphatic rings. The zero-order valence-corrected chi connectivity index (χ0v) is 10.4. The molecule has 2 saturated heterocycles. The summed E-state index contributed by atoms with van der Waals surface area (Å²) < 4.78 is 0. The van der Waals surface area contributed by atoms with E-state index in [9.17, 15) is 4.79 Å². The van der Waals surface area contributed by atoms with Crippen LogP contribution in [0.5, 0.6) is 0 Å². The number of thioether (sulfide) groups is 1. The minimum atomic E-state index is 0.0780. The summed E-state index contributed by atoms with van der Waals surface area (Å²) in [6.07, 6.45) is 2.33. The maximum Gasteiger partial charge on any atom is 0.240 e. The molecule has 0 aromatic heterocycles. The fourth-order valence-electron chi connectivity index (χ4n) is 2.27. The van der Waals surface area contributed by atoms with Crippen LogP contribution in [0.2, 0.25) is 0 Å². The van der Waals surface area contributed by atoms with Gasteiger partial charge in [-0.3, -0.25) is 10.1 Å². The molecular formula is C11H20N2OS. The van der Waals surface area contributed by atoms with Crippen LogP contribution < -0.4 is 5.32 Å². The summed E-state index contributed by atoms with van der Waals surface area (Å²) in [5.74, 6) is 2.19. The Labute approximate surface area is 96.0 Å². The molecule has 4 heteroatoms. The number of hydrogen-bond acceptors (Lipinski definition) is 3. The van der Waals surface area contributed by atoms with Crippen LogP contribution >= 0.6 is 11.8 Å².